The maximum atomic E-state index is 4.89. The minimum Gasteiger partial charge on any atom is -0.341 e. The number of nitrogens with one attached hydrogen (secondary N) is 2. The van der Waals surface area contributed by atoms with Crippen molar-refractivity contribution in [3.8, 4) is 22.4 Å². The Hall–Kier alpha value is -3.48. The van der Waals surface area contributed by atoms with Gasteiger partial charge in [-0.15, -0.1) is 0 Å². The molecule has 0 aliphatic carbocycles. The van der Waals surface area contributed by atoms with Crippen LogP contribution in [-0.2, 0) is 0 Å². The zero-order chi connectivity index (χ0) is 24.2. The molecule has 6 nitrogen and oxygen atoms in total. The highest BCUT2D eigenvalue weighted by molar-refractivity contribution is 5.91. The van der Waals surface area contributed by atoms with Crippen LogP contribution in [0.2, 0.25) is 0 Å². The average molecular weight is 477 g/mol. The molecule has 2 saturated heterocycles. The van der Waals surface area contributed by atoms with Crippen molar-refractivity contribution in [2.24, 2.45) is 0 Å². The Morgan fingerprint density at radius 3 is 2.08 bits per heavy atom. The first kappa shape index (κ1) is 21.8. The van der Waals surface area contributed by atoms with Gasteiger partial charge in [0.2, 0.25) is 0 Å². The lowest BCUT2D eigenvalue weighted by Gasteiger charge is -2.16. The van der Waals surface area contributed by atoms with E-state index in [4.69, 9.17) is 9.97 Å². The molecule has 0 radical (unpaired) electrons. The standard InChI is InChI=1S/C30H32N6/c1-35-13-3-5-27(35)29-31-18-26(34-29)23-10-9-19-15-20(7-8-21(19)16-23)22-11-12-24-25(17-22)33-30(32-24)28-6-4-14-36(28)2/h7-12,15-18,27-28H,3-6,13-14H2,1-2H3,(H,31,34)(H,32,33)/t27-,28-/m0/s1. The molecule has 2 aliphatic rings. The minimum atomic E-state index is 0.403. The molecule has 0 unspecified atom stereocenters. The Morgan fingerprint density at radius 1 is 0.722 bits per heavy atom. The number of nitrogens with zero attached hydrogens (tertiary/aromatic N) is 4. The van der Waals surface area contributed by atoms with Gasteiger partial charge in [0.1, 0.15) is 11.6 Å². The number of aromatic nitrogens is 4. The molecule has 0 spiro atoms. The number of likely N-dealkylation sites (tertiary alicyclic amines) is 2. The monoisotopic (exact) mass is 476 g/mol. The third-order valence-electron chi connectivity index (χ3n) is 8.25. The fourth-order valence-electron chi connectivity index (χ4n) is 6.12. The van der Waals surface area contributed by atoms with E-state index in [1.807, 2.05) is 6.20 Å². The van der Waals surface area contributed by atoms with Crippen LogP contribution in [0, 0.1) is 0 Å². The summed E-state index contributed by atoms with van der Waals surface area (Å²) >= 11 is 0. The fourth-order valence-corrected chi connectivity index (χ4v) is 6.12. The van der Waals surface area contributed by atoms with E-state index < -0.39 is 0 Å². The number of H-pyrrole nitrogens is 2. The number of hydrogen-bond acceptors (Lipinski definition) is 4. The van der Waals surface area contributed by atoms with Gasteiger partial charge in [-0.1, -0.05) is 30.3 Å². The van der Waals surface area contributed by atoms with Gasteiger partial charge >= 0.3 is 0 Å². The smallest absolute Gasteiger partial charge is 0.124 e. The van der Waals surface area contributed by atoms with E-state index in [2.05, 4.69) is 88.5 Å². The summed E-state index contributed by atoms with van der Waals surface area (Å²) in [6, 6.07) is 20.8. The highest BCUT2D eigenvalue weighted by Crippen LogP contribution is 2.33. The lowest BCUT2D eigenvalue weighted by Crippen LogP contribution is -2.18. The van der Waals surface area contributed by atoms with Crippen molar-refractivity contribution >= 4 is 21.8 Å². The molecule has 5 aromatic rings. The molecule has 3 aromatic carbocycles. The number of fused-ring (bicyclic) bond motifs is 2. The zero-order valence-electron chi connectivity index (χ0n) is 21.0. The Balaban J connectivity index is 1.17. The van der Waals surface area contributed by atoms with Crippen molar-refractivity contribution in [3.63, 3.8) is 0 Å². The molecule has 0 bridgehead atoms. The molecule has 2 fully saturated rings. The largest absolute Gasteiger partial charge is 0.341 e. The highest BCUT2D eigenvalue weighted by atomic mass is 15.2. The van der Waals surface area contributed by atoms with Crippen molar-refractivity contribution < 1.29 is 0 Å². The van der Waals surface area contributed by atoms with Crippen LogP contribution in [0.3, 0.4) is 0 Å². The van der Waals surface area contributed by atoms with Gasteiger partial charge in [-0.05, 0) is 99.0 Å². The van der Waals surface area contributed by atoms with E-state index in [0.29, 0.717) is 12.1 Å². The van der Waals surface area contributed by atoms with E-state index in [1.165, 1.54) is 53.1 Å². The van der Waals surface area contributed by atoms with Crippen LogP contribution in [-0.4, -0.2) is 56.9 Å². The minimum absolute atomic E-state index is 0.403. The summed E-state index contributed by atoms with van der Waals surface area (Å²) in [6.45, 7) is 2.29. The number of aromatic amines is 2. The van der Waals surface area contributed by atoms with Gasteiger partial charge in [-0.25, -0.2) is 9.97 Å². The highest BCUT2D eigenvalue weighted by Gasteiger charge is 2.26. The number of rotatable bonds is 4. The lowest BCUT2D eigenvalue weighted by molar-refractivity contribution is 0.307. The van der Waals surface area contributed by atoms with Crippen molar-refractivity contribution in [1.29, 1.82) is 0 Å². The summed E-state index contributed by atoms with van der Waals surface area (Å²) in [4.78, 5) is 21.6. The lowest BCUT2D eigenvalue weighted by atomic mass is 9.99. The molecule has 36 heavy (non-hydrogen) atoms. The molecule has 2 atom stereocenters. The summed E-state index contributed by atoms with van der Waals surface area (Å²) < 4.78 is 0. The van der Waals surface area contributed by atoms with Crippen molar-refractivity contribution in [2.45, 2.75) is 37.8 Å². The SMILES string of the molecule is CN1CCC[C@H]1c1ncc(-c2ccc3cc(-c4ccc5nc([C@@H]6CCCN6C)[nH]c5c4)ccc3c2)[nH]1. The maximum absolute atomic E-state index is 4.89. The Kier molecular flexibility index (Phi) is 5.19. The van der Waals surface area contributed by atoms with E-state index in [9.17, 15) is 0 Å². The normalized spacial score (nSPS) is 21.3. The van der Waals surface area contributed by atoms with Crippen molar-refractivity contribution in [3.05, 3.63) is 72.4 Å². The quantitative estimate of drug-likeness (QED) is 0.319. The van der Waals surface area contributed by atoms with Crippen molar-refractivity contribution in [2.75, 3.05) is 27.2 Å². The van der Waals surface area contributed by atoms with Crippen LogP contribution in [0.15, 0.2) is 60.8 Å². The second kappa shape index (κ2) is 8.57. The first-order chi connectivity index (χ1) is 17.6. The Bertz CT molecular complexity index is 1560. The first-order valence-electron chi connectivity index (χ1n) is 13.1. The van der Waals surface area contributed by atoms with Crippen LogP contribution >= 0.6 is 0 Å². The third kappa shape index (κ3) is 3.72. The topological polar surface area (TPSA) is 63.8 Å². The molecule has 182 valence electrons. The van der Waals surface area contributed by atoms with E-state index >= 15 is 0 Å². The van der Waals surface area contributed by atoms with Crippen LogP contribution in [0.1, 0.15) is 49.4 Å². The number of imidazole rings is 2. The number of benzene rings is 3. The maximum Gasteiger partial charge on any atom is 0.124 e. The van der Waals surface area contributed by atoms with E-state index in [0.717, 1.165) is 41.5 Å². The molecule has 2 aromatic heterocycles. The summed E-state index contributed by atoms with van der Waals surface area (Å²) in [5.74, 6) is 2.17. The molecule has 7 rings (SSSR count). The predicted molar refractivity (Wildman–Crippen MR) is 146 cm³/mol. The summed E-state index contributed by atoms with van der Waals surface area (Å²) in [6.07, 6.45) is 6.80. The van der Waals surface area contributed by atoms with Gasteiger partial charge in [0.05, 0.1) is 35.0 Å². The fraction of sp³-hybridized carbons (Fsp3) is 0.333. The van der Waals surface area contributed by atoms with Gasteiger partial charge < -0.3 is 9.97 Å². The molecule has 6 heteroatoms. The third-order valence-corrected chi connectivity index (χ3v) is 8.25. The van der Waals surface area contributed by atoms with Crippen LogP contribution in [0.5, 0.6) is 0 Å². The van der Waals surface area contributed by atoms with Gasteiger partial charge in [-0.2, -0.15) is 0 Å². The van der Waals surface area contributed by atoms with Crippen LogP contribution < -0.4 is 0 Å². The molecule has 0 saturated carbocycles. The molecular formula is C30H32N6. The van der Waals surface area contributed by atoms with E-state index in [1.54, 1.807) is 0 Å². The van der Waals surface area contributed by atoms with E-state index in [-0.39, 0.29) is 0 Å². The van der Waals surface area contributed by atoms with Gasteiger partial charge in [-0.3, -0.25) is 9.80 Å². The van der Waals surface area contributed by atoms with Crippen LogP contribution in [0.4, 0.5) is 0 Å². The molecule has 2 N–H and O–H groups in total. The van der Waals surface area contributed by atoms with Gasteiger partial charge in [0.15, 0.2) is 0 Å². The molecular weight excluding hydrogens is 444 g/mol. The van der Waals surface area contributed by atoms with Crippen LogP contribution in [0.25, 0.3) is 44.2 Å². The summed E-state index contributed by atoms with van der Waals surface area (Å²) in [5.41, 5.74) is 6.85. The average Bonchev–Trinajstić information content (AvgIpc) is 3.69. The molecule has 2 aliphatic heterocycles. The second-order valence-corrected chi connectivity index (χ2v) is 10.6. The molecule has 0 amide bonds. The Labute approximate surface area is 211 Å². The zero-order valence-corrected chi connectivity index (χ0v) is 21.0. The van der Waals surface area contributed by atoms with Gasteiger partial charge in [0.25, 0.3) is 0 Å². The molecule has 4 heterocycles. The number of hydrogen-bond donors (Lipinski definition) is 2. The summed E-state index contributed by atoms with van der Waals surface area (Å²) in [5, 5.41) is 2.48. The summed E-state index contributed by atoms with van der Waals surface area (Å²) in [7, 11) is 4.38. The van der Waals surface area contributed by atoms with Crippen molar-refractivity contribution in [1.82, 2.24) is 29.7 Å². The Morgan fingerprint density at radius 2 is 1.36 bits per heavy atom. The first-order valence-corrected chi connectivity index (χ1v) is 13.1. The second-order valence-electron chi connectivity index (χ2n) is 10.6. The van der Waals surface area contributed by atoms with Gasteiger partial charge in [0, 0.05) is 5.56 Å². The predicted octanol–water partition coefficient (Wildman–Crippen LogP) is 6.31.